The molecular weight excluding hydrogens is 1230 g/mol. The minimum atomic E-state index is -1.52. The monoisotopic (exact) mass is 1340 g/mol. The molecule has 24 nitrogen and oxygen atoms in total. The number of benzene rings is 2. The number of hydrogen-bond donors (Lipinski definition) is 5. The lowest BCUT2D eigenvalue weighted by Crippen LogP contribution is -2.64. The van der Waals surface area contributed by atoms with Crippen molar-refractivity contribution in [3.8, 4) is 11.1 Å². The molecule has 11 atom stereocenters. The zero-order chi connectivity index (χ0) is 72.9. The van der Waals surface area contributed by atoms with Crippen molar-refractivity contribution < 1.29 is 67.3 Å². The van der Waals surface area contributed by atoms with Gasteiger partial charge in [-0.15, -0.1) is 0 Å². The van der Waals surface area contributed by atoms with E-state index in [4.69, 9.17) is 9.47 Å². The van der Waals surface area contributed by atoms with Crippen LogP contribution >= 0.6 is 0 Å². The topological polar surface area (TPSA) is 294 Å². The van der Waals surface area contributed by atoms with Crippen molar-refractivity contribution >= 4 is 65.2 Å². The van der Waals surface area contributed by atoms with Crippen LogP contribution in [-0.4, -0.2) is 222 Å². The van der Waals surface area contributed by atoms with E-state index in [1.54, 1.807) is 47.6 Å². The Bertz CT molecular complexity index is 2980. The molecule has 0 aromatic heterocycles. The molecule has 2 aromatic carbocycles. The molecule has 0 bridgehead atoms. The molecule has 0 spiro atoms. The minimum Gasteiger partial charge on any atom is -0.459 e. The first-order chi connectivity index (χ1) is 44.9. The average molecular weight is 1340 g/mol. The van der Waals surface area contributed by atoms with Crippen LogP contribution < -0.4 is 21.3 Å². The predicted octanol–water partition coefficient (Wildman–Crippen LogP) is 6.37. The van der Waals surface area contributed by atoms with Crippen LogP contribution in [0.1, 0.15) is 160 Å². The average Bonchev–Trinajstić information content (AvgIpc) is 1.59. The molecule has 2 aromatic rings. The van der Waals surface area contributed by atoms with Gasteiger partial charge in [-0.05, 0) is 111 Å². The Morgan fingerprint density at radius 2 is 1.00 bits per heavy atom. The molecule has 0 aliphatic heterocycles. The van der Waals surface area contributed by atoms with Crippen molar-refractivity contribution in [3.05, 3.63) is 71.8 Å². The summed E-state index contributed by atoms with van der Waals surface area (Å²) >= 11 is 0. The maximum absolute atomic E-state index is 15.2. The summed E-state index contributed by atoms with van der Waals surface area (Å²) < 4.78 is 11.7. The lowest BCUT2D eigenvalue weighted by molar-refractivity contribution is -0.164. The van der Waals surface area contributed by atoms with E-state index in [9.17, 15) is 43.5 Å². The summed E-state index contributed by atoms with van der Waals surface area (Å²) in [7, 11) is 8.66. The Morgan fingerprint density at radius 1 is 0.531 bits per heavy atom. The third kappa shape index (κ3) is 22.1. The Balaban J connectivity index is 1.87. The molecule has 10 amide bonds. The normalized spacial score (nSPS) is 15.5. The number of fused-ring (bicyclic) bond motifs is 3. The van der Waals surface area contributed by atoms with Crippen molar-refractivity contribution in [2.75, 3.05) is 62.0 Å². The fraction of sp³-hybridized carbons (Fsp3) is 0.653. The number of rotatable bonds is 36. The molecule has 0 radical (unpaired) electrons. The van der Waals surface area contributed by atoms with Crippen LogP contribution in [0.25, 0.3) is 11.1 Å². The van der Waals surface area contributed by atoms with Gasteiger partial charge in [0.1, 0.15) is 67.1 Å². The van der Waals surface area contributed by atoms with E-state index >= 15 is 14.4 Å². The van der Waals surface area contributed by atoms with Crippen LogP contribution in [0.15, 0.2) is 60.7 Å². The number of amides is 10. The molecule has 96 heavy (non-hydrogen) atoms. The predicted molar refractivity (Wildman–Crippen MR) is 369 cm³/mol. The summed E-state index contributed by atoms with van der Waals surface area (Å²) in [4.78, 5) is 165. The molecule has 536 valence electrons. The lowest BCUT2D eigenvalue weighted by atomic mass is 9.91. The van der Waals surface area contributed by atoms with Crippen LogP contribution in [0, 0.1) is 35.5 Å². The van der Waals surface area contributed by atoms with Gasteiger partial charge in [0, 0.05) is 61.7 Å². The van der Waals surface area contributed by atoms with Crippen molar-refractivity contribution in [1.29, 1.82) is 0 Å². The highest BCUT2D eigenvalue weighted by atomic mass is 16.6. The summed E-state index contributed by atoms with van der Waals surface area (Å²) in [6, 6.07) is 5.01. The number of carbonyl (C=O) groups excluding carboxylic acids is 11. The van der Waals surface area contributed by atoms with Gasteiger partial charge in [-0.25, -0.2) is 4.79 Å². The second kappa shape index (κ2) is 38.2. The number of ether oxygens (including phenoxy) is 2. The number of alkyl carbamates (subject to hydrolysis) is 1. The highest BCUT2D eigenvalue weighted by Crippen LogP contribution is 2.44. The maximum Gasteiger partial charge on any atom is 0.407 e. The third-order valence-corrected chi connectivity index (χ3v) is 17.9. The van der Waals surface area contributed by atoms with E-state index in [2.05, 4.69) is 21.3 Å². The zero-order valence-electron chi connectivity index (χ0n) is 61.2. The van der Waals surface area contributed by atoms with Crippen molar-refractivity contribution in [2.45, 2.75) is 209 Å². The van der Waals surface area contributed by atoms with Gasteiger partial charge in [-0.1, -0.05) is 144 Å². The molecule has 5 N–H and O–H groups in total. The van der Waals surface area contributed by atoms with Gasteiger partial charge >= 0.3 is 12.1 Å². The Morgan fingerprint density at radius 3 is 1.47 bits per heavy atom. The SMILES string of the molecule is CC=CC[C@@H](C)[C@@H](OC(C)=O)[C@@H](C(=O)N[C@@H](CC)C(=O)N(C)CCO)N(C)C(=O)[C@H](C(C)C)N(C)C(=O)[C@H](CC(C)C)N(C)C(=O)[C@H](CC(C)C)N(C)C(=O)[C@@H](C)NC(=O)[C@H](C)NC(=O)[C@H](CC(C)C)N(C)C(=O)[C@@H](NC(=O)OCC1c2ccccc2-c2ccccc21)C(C)C. The van der Waals surface area contributed by atoms with Gasteiger partial charge in [-0.2, -0.15) is 0 Å². The van der Waals surface area contributed by atoms with E-state index in [1.807, 2.05) is 103 Å². The van der Waals surface area contributed by atoms with Crippen LogP contribution in [0.2, 0.25) is 0 Å². The Labute approximate surface area is 570 Å². The smallest absolute Gasteiger partial charge is 0.407 e. The molecule has 0 fully saturated rings. The van der Waals surface area contributed by atoms with Gasteiger partial charge in [0.05, 0.1) is 6.61 Å². The van der Waals surface area contributed by atoms with Gasteiger partial charge in [0.25, 0.3) is 0 Å². The molecule has 0 unspecified atom stereocenters. The molecule has 1 aliphatic rings. The van der Waals surface area contributed by atoms with Gasteiger partial charge in [0.2, 0.25) is 53.2 Å². The lowest BCUT2D eigenvalue weighted by Gasteiger charge is -2.42. The summed E-state index contributed by atoms with van der Waals surface area (Å²) in [5.41, 5.74) is 4.18. The molecule has 0 saturated heterocycles. The Hall–Kier alpha value is -7.89. The van der Waals surface area contributed by atoms with Crippen molar-refractivity contribution in [2.24, 2.45) is 35.5 Å². The van der Waals surface area contributed by atoms with E-state index in [0.29, 0.717) is 6.42 Å². The van der Waals surface area contributed by atoms with E-state index in [0.717, 1.165) is 27.2 Å². The number of nitrogens with zero attached hydrogens (tertiary/aromatic N) is 6. The largest absolute Gasteiger partial charge is 0.459 e. The number of likely N-dealkylation sites (N-methyl/N-ethyl adjacent to an activating group) is 6. The first kappa shape index (κ1) is 82.3. The summed E-state index contributed by atoms with van der Waals surface area (Å²) in [5.74, 6) is -8.74. The summed E-state index contributed by atoms with van der Waals surface area (Å²) in [6.07, 6.45) is 2.53. The fourth-order valence-electron chi connectivity index (χ4n) is 12.4. The molecule has 1 aliphatic carbocycles. The van der Waals surface area contributed by atoms with Crippen LogP contribution in [0.4, 0.5) is 4.79 Å². The standard InChI is InChI=1S/C72H114N10O14/c1-23-25-30-46(13)62(96-49(16)84)61(65(87)75-55(24-2)67(89)77(17)35-36-83)82(22)71(93)60(45(11)12)81(21)69(91)58(39-43(7)8)80(20)68(90)57(38-42(5)6)79(19)66(88)48(15)74-63(85)47(14)73-64(86)56(37-41(3)4)78(18)70(92)59(44(9)10)76-72(94)95-40-54-52-33-28-26-31-50(52)51-32-27-29-34-53(51)54/h23,25-29,31-34,41-48,54-62,83H,24,30,35-40H2,1-22H3,(H,73,86)(H,74,85)(H,75,87)(H,76,94)/t46-,47+,48-,55+,56+,57+,58+,59+,60+,61+,62-/m1/s1. The number of aliphatic hydroxyl groups excluding tert-OH is 1. The van der Waals surface area contributed by atoms with Gasteiger partial charge in [0.15, 0.2) is 0 Å². The van der Waals surface area contributed by atoms with Crippen molar-refractivity contribution in [3.63, 3.8) is 0 Å². The number of allylic oxidation sites excluding steroid dienone is 2. The first-order valence-electron chi connectivity index (χ1n) is 33.9. The highest BCUT2D eigenvalue weighted by molar-refractivity contribution is 5.99. The molecule has 0 saturated carbocycles. The second-order valence-electron chi connectivity index (χ2n) is 27.8. The first-order valence-corrected chi connectivity index (χ1v) is 33.9. The quantitative estimate of drug-likeness (QED) is 0.0366. The summed E-state index contributed by atoms with van der Waals surface area (Å²) in [6.45, 7) is 27.3. The fourth-order valence-corrected chi connectivity index (χ4v) is 12.4. The number of hydrogen-bond acceptors (Lipinski definition) is 14. The minimum absolute atomic E-state index is 0.00211. The van der Waals surface area contributed by atoms with Gasteiger partial charge < -0.3 is 65.2 Å². The van der Waals surface area contributed by atoms with E-state index < -0.39 is 143 Å². The third-order valence-electron chi connectivity index (χ3n) is 17.9. The molecule has 3 rings (SSSR count). The van der Waals surface area contributed by atoms with Crippen LogP contribution in [0.5, 0.6) is 0 Å². The van der Waals surface area contributed by atoms with Crippen LogP contribution in [-0.2, 0) is 57.4 Å². The highest BCUT2D eigenvalue weighted by Gasteiger charge is 2.47. The number of aliphatic hydroxyl groups is 1. The van der Waals surface area contributed by atoms with Crippen molar-refractivity contribution in [1.82, 2.24) is 50.7 Å². The molecule has 24 heteroatoms. The van der Waals surface area contributed by atoms with Crippen LogP contribution in [0.3, 0.4) is 0 Å². The zero-order valence-corrected chi connectivity index (χ0v) is 61.2. The molecular formula is C72H114N10O14. The van der Waals surface area contributed by atoms with E-state index in [-0.39, 0.29) is 69.1 Å². The number of carbonyl (C=O) groups is 11. The van der Waals surface area contributed by atoms with Gasteiger partial charge in [-0.3, -0.25) is 47.9 Å². The molecule has 0 heterocycles. The number of esters is 1. The van der Waals surface area contributed by atoms with E-state index in [1.165, 1.54) is 87.6 Å². The Kier molecular flexibility index (Phi) is 32.7. The second-order valence-corrected chi connectivity index (χ2v) is 27.8. The number of nitrogens with one attached hydrogen (secondary N) is 4. The maximum atomic E-state index is 15.2. The summed E-state index contributed by atoms with van der Waals surface area (Å²) in [5, 5.41) is 20.5.